The Morgan fingerprint density at radius 3 is 2.84 bits per heavy atom. The topological polar surface area (TPSA) is 121 Å². The first-order valence-corrected chi connectivity index (χ1v) is 5.86. The molecular weight excluding hydrogens is 248 g/mol. The van der Waals surface area contributed by atoms with E-state index in [-0.39, 0.29) is 0 Å². The molecular formula is C11H18N6O2. The van der Waals surface area contributed by atoms with Crippen LogP contribution in [0.4, 0.5) is 0 Å². The van der Waals surface area contributed by atoms with Gasteiger partial charge in [-0.25, -0.2) is 10.1 Å². The van der Waals surface area contributed by atoms with Crippen molar-refractivity contribution < 1.29 is 5.03 Å². The number of guanidine groups is 1. The lowest BCUT2D eigenvalue weighted by atomic mass is 10.1. The summed E-state index contributed by atoms with van der Waals surface area (Å²) in [5.41, 5.74) is 7.27. The minimum absolute atomic E-state index is 0.610. The predicted molar refractivity (Wildman–Crippen MR) is 70.9 cm³/mol. The number of hydrogen-bond acceptors (Lipinski definition) is 5. The predicted octanol–water partition coefficient (Wildman–Crippen LogP) is 0.509. The van der Waals surface area contributed by atoms with Crippen LogP contribution in [0.25, 0.3) is 0 Å². The normalized spacial score (nSPS) is 18.3. The number of nitrogens with zero attached hydrogens (tertiary/aromatic N) is 3. The van der Waals surface area contributed by atoms with Crippen molar-refractivity contribution in [2.45, 2.75) is 18.9 Å². The molecule has 0 amide bonds. The fourth-order valence-electron chi connectivity index (χ4n) is 2.00. The number of hydrazine groups is 1. The van der Waals surface area contributed by atoms with Crippen LogP contribution in [0.5, 0.6) is 0 Å². The molecule has 1 saturated heterocycles. The number of pyridine rings is 1. The van der Waals surface area contributed by atoms with Crippen molar-refractivity contribution in [3.05, 3.63) is 40.2 Å². The molecule has 8 heteroatoms. The molecule has 1 atom stereocenters. The first-order chi connectivity index (χ1) is 9.00. The molecule has 0 spiro atoms. The monoisotopic (exact) mass is 266 g/mol. The lowest BCUT2D eigenvalue weighted by molar-refractivity contribution is -0.525. The fraction of sp³-hybridized carbons (Fsp3) is 0.455. The Bertz CT molecular complexity index is 412. The van der Waals surface area contributed by atoms with E-state index in [1.807, 2.05) is 18.5 Å². The maximum absolute atomic E-state index is 9.28. The Balaban J connectivity index is 0.000000224. The second kappa shape index (κ2) is 7.27. The van der Waals surface area contributed by atoms with Gasteiger partial charge in [-0.15, -0.1) is 0 Å². The van der Waals surface area contributed by atoms with Gasteiger partial charge in [0.2, 0.25) is 5.96 Å². The van der Waals surface area contributed by atoms with Gasteiger partial charge in [0.1, 0.15) is 0 Å². The molecule has 8 nitrogen and oxygen atoms in total. The van der Waals surface area contributed by atoms with Crippen molar-refractivity contribution in [3.63, 3.8) is 0 Å². The first kappa shape index (κ1) is 14.8. The highest BCUT2D eigenvalue weighted by Crippen LogP contribution is 2.29. The molecule has 0 radical (unpaired) electrons. The number of rotatable bonds is 2. The Labute approximate surface area is 111 Å². The highest BCUT2D eigenvalue weighted by Gasteiger charge is 2.21. The molecule has 0 bridgehead atoms. The smallest absolute Gasteiger partial charge is 0.248 e. The van der Waals surface area contributed by atoms with E-state index < -0.39 is 11.0 Å². The molecule has 0 unspecified atom stereocenters. The summed E-state index contributed by atoms with van der Waals surface area (Å²) < 4.78 is 0. The molecule has 1 aliphatic rings. The van der Waals surface area contributed by atoms with Crippen LogP contribution in [0.15, 0.2) is 24.5 Å². The first-order valence-electron chi connectivity index (χ1n) is 5.86. The summed E-state index contributed by atoms with van der Waals surface area (Å²) in [5.74, 6) is -0.662. The van der Waals surface area contributed by atoms with E-state index in [1.165, 1.54) is 30.4 Å². The Morgan fingerprint density at radius 2 is 2.47 bits per heavy atom. The zero-order valence-electron chi connectivity index (χ0n) is 10.7. The molecule has 1 aromatic rings. The second-order valence-corrected chi connectivity index (χ2v) is 4.21. The van der Waals surface area contributed by atoms with E-state index in [2.05, 4.69) is 28.7 Å². The van der Waals surface area contributed by atoms with Gasteiger partial charge >= 0.3 is 0 Å². The summed E-state index contributed by atoms with van der Waals surface area (Å²) in [6.07, 6.45) is 6.41. The molecule has 1 aromatic heterocycles. The zero-order chi connectivity index (χ0) is 14.3. The number of likely N-dealkylation sites (tertiary alicyclic amines) is 1. The molecule has 0 aromatic carbocycles. The quantitative estimate of drug-likeness (QED) is 0.310. The van der Waals surface area contributed by atoms with Gasteiger partial charge < -0.3 is 5.73 Å². The van der Waals surface area contributed by atoms with Crippen LogP contribution in [0, 0.1) is 15.5 Å². The van der Waals surface area contributed by atoms with Crippen molar-refractivity contribution in [2.24, 2.45) is 5.73 Å². The van der Waals surface area contributed by atoms with Gasteiger partial charge in [0, 0.05) is 18.4 Å². The number of aromatic nitrogens is 1. The molecule has 104 valence electrons. The van der Waals surface area contributed by atoms with Gasteiger partial charge in [0.15, 0.2) is 5.03 Å². The fourth-order valence-corrected chi connectivity index (χ4v) is 2.00. The zero-order valence-corrected chi connectivity index (χ0v) is 10.7. The lowest BCUT2D eigenvalue weighted by Gasteiger charge is -2.18. The van der Waals surface area contributed by atoms with Crippen LogP contribution in [0.1, 0.15) is 24.4 Å². The molecule has 1 aliphatic heterocycles. The average molecular weight is 266 g/mol. The van der Waals surface area contributed by atoms with Gasteiger partial charge in [0.05, 0.1) is 0 Å². The van der Waals surface area contributed by atoms with Gasteiger partial charge in [-0.2, -0.15) is 0 Å². The van der Waals surface area contributed by atoms with Crippen LogP contribution in [0.3, 0.4) is 0 Å². The van der Waals surface area contributed by atoms with Gasteiger partial charge in [-0.1, -0.05) is 11.5 Å². The maximum atomic E-state index is 9.28. The van der Waals surface area contributed by atoms with E-state index in [0.717, 1.165) is 0 Å². The van der Waals surface area contributed by atoms with Crippen LogP contribution in [-0.2, 0) is 0 Å². The van der Waals surface area contributed by atoms with E-state index in [9.17, 15) is 10.1 Å². The van der Waals surface area contributed by atoms with Crippen molar-refractivity contribution in [1.29, 1.82) is 5.41 Å². The summed E-state index contributed by atoms with van der Waals surface area (Å²) in [5, 5.41) is 14.6. The van der Waals surface area contributed by atoms with Crippen molar-refractivity contribution in [3.8, 4) is 0 Å². The third-order valence-corrected chi connectivity index (χ3v) is 2.80. The van der Waals surface area contributed by atoms with Crippen LogP contribution in [0.2, 0.25) is 0 Å². The van der Waals surface area contributed by atoms with Crippen molar-refractivity contribution in [1.82, 2.24) is 15.3 Å². The minimum atomic E-state index is -0.900. The molecule has 4 N–H and O–H groups in total. The average Bonchev–Trinajstić information content (AvgIpc) is 2.75. The number of hydrogen-bond donors (Lipinski definition) is 3. The number of nitrogens with two attached hydrogens (primary N) is 1. The SMILES string of the molecule is CN1CCC[C@H]1c1cccnc1.N=C(N)N[N+](=O)[O-]. The molecule has 2 heterocycles. The lowest BCUT2D eigenvalue weighted by Crippen LogP contribution is -2.34. The van der Waals surface area contributed by atoms with Crippen molar-refractivity contribution >= 4 is 5.96 Å². The van der Waals surface area contributed by atoms with Crippen molar-refractivity contribution in [2.75, 3.05) is 13.6 Å². The second-order valence-electron chi connectivity index (χ2n) is 4.21. The third kappa shape index (κ3) is 5.30. The molecule has 1 fully saturated rings. The Hall–Kier alpha value is -2.22. The number of nitrogens with one attached hydrogen (secondary N) is 2. The molecule has 19 heavy (non-hydrogen) atoms. The van der Waals surface area contributed by atoms with E-state index in [1.54, 1.807) is 0 Å². The summed E-state index contributed by atoms with van der Waals surface area (Å²) >= 11 is 0. The minimum Gasteiger partial charge on any atom is -0.366 e. The summed E-state index contributed by atoms with van der Waals surface area (Å²) in [7, 11) is 2.19. The highest BCUT2D eigenvalue weighted by molar-refractivity contribution is 5.72. The molecule has 0 aliphatic carbocycles. The molecule has 2 rings (SSSR count). The van der Waals surface area contributed by atoms with E-state index in [4.69, 9.17) is 5.41 Å². The van der Waals surface area contributed by atoms with Crippen LogP contribution >= 0.6 is 0 Å². The van der Waals surface area contributed by atoms with E-state index >= 15 is 0 Å². The standard InChI is InChI=1S/C10H14N2.CH4N4O2/c1-12-7-3-5-10(12)9-4-2-6-11-8-9;2-1(3)4-5(6)7/h2,4,6,8,10H,3,5,7H2,1H3;(H4,2,3,4)/t10-;/m0./s1. The van der Waals surface area contributed by atoms with Crippen LogP contribution in [-0.4, -0.2) is 34.5 Å². The van der Waals surface area contributed by atoms with Gasteiger partial charge in [-0.3, -0.25) is 15.3 Å². The summed E-state index contributed by atoms with van der Waals surface area (Å²) in [6.45, 7) is 1.22. The number of nitro groups is 1. The largest absolute Gasteiger partial charge is 0.366 e. The maximum Gasteiger partial charge on any atom is 0.248 e. The Morgan fingerprint density at radius 1 is 1.74 bits per heavy atom. The van der Waals surface area contributed by atoms with Crippen LogP contribution < -0.4 is 11.2 Å². The van der Waals surface area contributed by atoms with E-state index in [0.29, 0.717) is 6.04 Å². The molecule has 0 saturated carbocycles. The highest BCUT2D eigenvalue weighted by atomic mass is 16.7. The third-order valence-electron chi connectivity index (χ3n) is 2.80. The summed E-state index contributed by atoms with van der Waals surface area (Å²) in [4.78, 5) is 15.8. The van der Waals surface area contributed by atoms with Gasteiger partial charge in [-0.05, 0) is 38.1 Å². The summed E-state index contributed by atoms with van der Waals surface area (Å²) in [6, 6.07) is 4.79. The van der Waals surface area contributed by atoms with Gasteiger partial charge in [0.25, 0.3) is 0 Å². The Kier molecular flexibility index (Phi) is 5.68.